The van der Waals surface area contributed by atoms with E-state index in [1.54, 1.807) is 13.0 Å². The molecular formula is C19H23FN4O2S. The van der Waals surface area contributed by atoms with Crippen molar-refractivity contribution in [2.45, 2.75) is 6.92 Å². The lowest BCUT2D eigenvalue weighted by Gasteiger charge is -2.29. The highest BCUT2D eigenvalue weighted by molar-refractivity contribution is 7.95. The monoisotopic (exact) mass is 390 g/mol. The summed E-state index contributed by atoms with van der Waals surface area (Å²) in [5.41, 5.74) is 2.33. The highest BCUT2D eigenvalue weighted by atomic mass is 32.2. The normalized spacial score (nSPS) is 19.3. The zero-order valence-electron chi connectivity index (χ0n) is 15.2. The Morgan fingerprint density at radius 1 is 1.00 bits per heavy atom. The lowest BCUT2D eigenvalue weighted by Crippen LogP contribution is -2.47. The van der Waals surface area contributed by atoms with Gasteiger partial charge in [-0.15, -0.1) is 0 Å². The number of piperazine rings is 1. The lowest BCUT2D eigenvalue weighted by molar-refractivity contribution is 0.248. The molecule has 0 aromatic heterocycles. The van der Waals surface area contributed by atoms with E-state index in [9.17, 15) is 12.8 Å². The van der Waals surface area contributed by atoms with Gasteiger partial charge in [0.1, 0.15) is 5.82 Å². The summed E-state index contributed by atoms with van der Waals surface area (Å²) >= 11 is 0. The number of aryl methyl sites for hydroxylation is 1. The first-order valence-corrected chi connectivity index (χ1v) is 10.5. The topological polar surface area (TPSA) is 55.9 Å². The van der Waals surface area contributed by atoms with Gasteiger partial charge in [0.05, 0.1) is 17.1 Å². The summed E-state index contributed by atoms with van der Waals surface area (Å²) in [6.45, 7) is 6.45. The number of hydrogen-bond donors (Lipinski definition) is 1. The average molecular weight is 390 g/mol. The van der Waals surface area contributed by atoms with E-state index in [1.807, 2.05) is 18.2 Å². The van der Waals surface area contributed by atoms with Gasteiger partial charge in [0.25, 0.3) is 0 Å². The summed E-state index contributed by atoms with van der Waals surface area (Å²) in [5.74, 6) is -0.378. The largest absolute Gasteiger partial charge is 0.331 e. The number of anilines is 3. The molecule has 27 heavy (non-hydrogen) atoms. The van der Waals surface area contributed by atoms with Gasteiger partial charge in [0, 0.05) is 39.3 Å². The highest BCUT2D eigenvalue weighted by Gasteiger charge is 2.41. The molecule has 4 rings (SSSR count). The standard InChI is InChI=1S/C19H23FN4O2S/c1-15-14-16(20)6-7-17(15)24-19-5-3-2-4-18(19)23(27(24,25)26)13-12-22-10-8-21-9-11-22/h2-7,14,21H,8-13H2,1H3. The molecular weight excluding hydrogens is 367 g/mol. The van der Waals surface area contributed by atoms with Crippen molar-refractivity contribution in [3.05, 3.63) is 53.8 Å². The summed E-state index contributed by atoms with van der Waals surface area (Å²) in [4.78, 5) is 2.26. The fourth-order valence-corrected chi connectivity index (χ4v) is 5.47. The van der Waals surface area contributed by atoms with Crippen LogP contribution in [0.1, 0.15) is 5.56 Å². The molecule has 6 nitrogen and oxygen atoms in total. The van der Waals surface area contributed by atoms with Gasteiger partial charge in [0.15, 0.2) is 0 Å². The lowest BCUT2D eigenvalue weighted by atomic mass is 10.1. The Morgan fingerprint density at radius 2 is 1.70 bits per heavy atom. The van der Waals surface area contributed by atoms with E-state index in [2.05, 4.69) is 10.2 Å². The molecule has 0 saturated carbocycles. The van der Waals surface area contributed by atoms with Crippen molar-refractivity contribution >= 4 is 27.3 Å². The van der Waals surface area contributed by atoms with Gasteiger partial charge in [-0.05, 0) is 42.8 Å². The van der Waals surface area contributed by atoms with Crippen molar-refractivity contribution in [1.82, 2.24) is 10.2 Å². The van der Waals surface area contributed by atoms with Gasteiger partial charge in [-0.1, -0.05) is 12.1 Å². The predicted octanol–water partition coefficient (Wildman–Crippen LogP) is 2.24. The van der Waals surface area contributed by atoms with E-state index in [1.165, 1.54) is 26.8 Å². The molecule has 1 N–H and O–H groups in total. The van der Waals surface area contributed by atoms with Crippen LogP contribution in [-0.2, 0) is 10.2 Å². The molecule has 0 amide bonds. The third-order valence-corrected chi connectivity index (χ3v) is 6.88. The van der Waals surface area contributed by atoms with E-state index in [-0.39, 0.29) is 5.82 Å². The van der Waals surface area contributed by atoms with Crippen LogP contribution < -0.4 is 13.9 Å². The molecule has 0 bridgehead atoms. The summed E-state index contributed by atoms with van der Waals surface area (Å²) in [7, 11) is -3.77. The second-order valence-electron chi connectivity index (χ2n) is 6.86. The Morgan fingerprint density at radius 3 is 2.41 bits per heavy atom. The van der Waals surface area contributed by atoms with E-state index >= 15 is 0 Å². The van der Waals surface area contributed by atoms with Crippen LogP contribution in [0.15, 0.2) is 42.5 Å². The molecule has 2 aliphatic rings. The maximum Gasteiger partial charge on any atom is 0.331 e. The maximum absolute atomic E-state index is 13.5. The molecule has 0 spiro atoms. The number of nitrogens with zero attached hydrogens (tertiary/aromatic N) is 3. The highest BCUT2D eigenvalue weighted by Crippen LogP contribution is 2.45. The van der Waals surface area contributed by atoms with Crippen molar-refractivity contribution < 1.29 is 12.8 Å². The summed E-state index contributed by atoms with van der Waals surface area (Å²) in [6.07, 6.45) is 0. The number of fused-ring (bicyclic) bond motifs is 1. The van der Waals surface area contributed by atoms with Gasteiger partial charge < -0.3 is 5.32 Å². The fourth-order valence-electron chi connectivity index (χ4n) is 3.70. The van der Waals surface area contributed by atoms with Crippen LogP contribution in [0.25, 0.3) is 0 Å². The molecule has 0 aliphatic carbocycles. The summed E-state index contributed by atoms with van der Waals surface area (Å²) in [6, 6.07) is 11.5. The van der Waals surface area contributed by atoms with Gasteiger partial charge >= 0.3 is 10.2 Å². The van der Waals surface area contributed by atoms with Crippen molar-refractivity contribution in [1.29, 1.82) is 0 Å². The van der Waals surface area contributed by atoms with Gasteiger partial charge in [-0.25, -0.2) is 13.0 Å². The van der Waals surface area contributed by atoms with Crippen molar-refractivity contribution in [2.75, 3.05) is 47.9 Å². The maximum atomic E-state index is 13.5. The first kappa shape index (κ1) is 18.2. The average Bonchev–Trinajstić information content (AvgIpc) is 2.87. The fraction of sp³-hybridized carbons (Fsp3) is 0.368. The van der Waals surface area contributed by atoms with E-state index in [0.717, 1.165) is 26.2 Å². The smallest absolute Gasteiger partial charge is 0.314 e. The number of para-hydroxylation sites is 2. The number of halogens is 1. The molecule has 0 unspecified atom stereocenters. The Kier molecular flexibility index (Phi) is 4.79. The van der Waals surface area contributed by atoms with Crippen LogP contribution in [0, 0.1) is 12.7 Å². The van der Waals surface area contributed by atoms with Gasteiger partial charge in [0.2, 0.25) is 0 Å². The molecule has 0 atom stereocenters. The van der Waals surface area contributed by atoms with Crippen LogP contribution in [0.5, 0.6) is 0 Å². The number of rotatable bonds is 4. The second kappa shape index (κ2) is 7.10. The Balaban J connectivity index is 1.69. The third-order valence-electron chi connectivity index (χ3n) is 5.09. The van der Waals surface area contributed by atoms with Crippen molar-refractivity contribution in [3.63, 3.8) is 0 Å². The molecule has 0 radical (unpaired) electrons. The first-order chi connectivity index (χ1) is 13.0. The van der Waals surface area contributed by atoms with Gasteiger partial charge in [-0.3, -0.25) is 4.90 Å². The summed E-state index contributed by atoms with van der Waals surface area (Å²) in [5, 5.41) is 3.30. The minimum absolute atomic E-state index is 0.378. The van der Waals surface area contributed by atoms with Crippen LogP contribution in [-0.4, -0.2) is 52.6 Å². The van der Waals surface area contributed by atoms with E-state index in [4.69, 9.17) is 0 Å². The van der Waals surface area contributed by atoms with Crippen LogP contribution in [0.3, 0.4) is 0 Å². The Bertz CT molecular complexity index is 944. The van der Waals surface area contributed by atoms with Crippen LogP contribution >= 0.6 is 0 Å². The minimum Gasteiger partial charge on any atom is -0.314 e. The molecule has 8 heteroatoms. The predicted molar refractivity (Wildman–Crippen MR) is 105 cm³/mol. The number of benzene rings is 2. The Hall–Kier alpha value is -2.16. The zero-order chi connectivity index (χ0) is 19.0. The Labute approximate surface area is 159 Å². The summed E-state index contributed by atoms with van der Waals surface area (Å²) < 4.78 is 43.1. The quantitative estimate of drug-likeness (QED) is 0.870. The first-order valence-electron chi connectivity index (χ1n) is 9.10. The molecule has 2 heterocycles. The van der Waals surface area contributed by atoms with Crippen LogP contribution in [0.2, 0.25) is 0 Å². The van der Waals surface area contributed by atoms with E-state index < -0.39 is 10.2 Å². The molecule has 1 saturated heterocycles. The van der Waals surface area contributed by atoms with Crippen molar-refractivity contribution in [3.8, 4) is 0 Å². The number of nitrogens with one attached hydrogen (secondary N) is 1. The SMILES string of the molecule is Cc1cc(F)ccc1N1c2ccccc2N(CCN2CCNCC2)S1(=O)=O. The minimum atomic E-state index is -3.77. The molecule has 2 aliphatic heterocycles. The zero-order valence-corrected chi connectivity index (χ0v) is 16.0. The van der Waals surface area contributed by atoms with Crippen molar-refractivity contribution in [2.24, 2.45) is 0 Å². The third kappa shape index (κ3) is 3.28. The van der Waals surface area contributed by atoms with Crippen LogP contribution in [0.4, 0.5) is 21.5 Å². The molecule has 144 valence electrons. The molecule has 2 aromatic carbocycles. The molecule has 1 fully saturated rings. The second-order valence-corrected chi connectivity index (χ2v) is 8.56. The van der Waals surface area contributed by atoms with E-state index in [0.29, 0.717) is 35.7 Å². The molecule has 2 aromatic rings. The van der Waals surface area contributed by atoms with Gasteiger partial charge in [-0.2, -0.15) is 8.42 Å². The number of hydrogen-bond acceptors (Lipinski definition) is 4.